The Balaban J connectivity index is 2.39. The van der Waals surface area contributed by atoms with Gasteiger partial charge in [-0.15, -0.1) is 0 Å². The van der Waals surface area contributed by atoms with Crippen molar-refractivity contribution in [2.75, 3.05) is 5.73 Å². The van der Waals surface area contributed by atoms with Gasteiger partial charge in [0, 0.05) is 5.69 Å². The van der Waals surface area contributed by atoms with E-state index >= 15 is 0 Å². The van der Waals surface area contributed by atoms with Gasteiger partial charge in [0.1, 0.15) is 11.8 Å². The molecule has 0 bridgehead atoms. The van der Waals surface area contributed by atoms with E-state index in [2.05, 4.69) is 15.9 Å². The van der Waals surface area contributed by atoms with E-state index < -0.39 is 5.82 Å². The summed E-state index contributed by atoms with van der Waals surface area (Å²) in [6, 6.07) is 9.91. The van der Waals surface area contributed by atoms with Crippen molar-refractivity contribution in [3.05, 3.63) is 51.7 Å². The highest BCUT2D eigenvalue weighted by atomic mass is 79.9. The number of nitrogens with two attached hydrogens (primary N) is 1. The van der Waals surface area contributed by atoms with Crippen molar-refractivity contribution in [3.8, 4) is 17.6 Å². The molecular weight excluding hydrogens is 311 g/mol. The molecule has 0 saturated carbocycles. The van der Waals surface area contributed by atoms with E-state index in [4.69, 9.17) is 15.7 Å². The summed E-state index contributed by atoms with van der Waals surface area (Å²) in [4.78, 5) is 0. The van der Waals surface area contributed by atoms with Crippen LogP contribution in [0.15, 0.2) is 34.8 Å². The van der Waals surface area contributed by atoms with Crippen LogP contribution in [0.25, 0.3) is 0 Å². The normalized spacial score (nSPS) is 10.0. The fraction of sp³-hybridized carbons (Fsp3) is 0.0714. The van der Waals surface area contributed by atoms with E-state index in [-0.39, 0.29) is 15.8 Å². The maximum Gasteiger partial charge on any atom is 0.181 e. The van der Waals surface area contributed by atoms with E-state index in [9.17, 15) is 4.39 Å². The molecule has 0 heterocycles. The third-order valence-corrected chi connectivity index (χ3v) is 3.36. The van der Waals surface area contributed by atoms with Crippen molar-refractivity contribution >= 4 is 21.6 Å². The van der Waals surface area contributed by atoms with Crippen LogP contribution in [0.1, 0.15) is 11.1 Å². The summed E-state index contributed by atoms with van der Waals surface area (Å²) < 4.78 is 19.6. The van der Waals surface area contributed by atoms with Crippen LogP contribution < -0.4 is 10.5 Å². The van der Waals surface area contributed by atoms with Crippen molar-refractivity contribution in [3.63, 3.8) is 0 Å². The van der Waals surface area contributed by atoms with E-state index in [1.54, 1.807) is 18.2 Å². The average molecular weight is 321 g/mol. The fourth-order valence-electron chi connectivity index (χ4n) is 1.60. The molecule has 2 N–H and O–H groups in total. The smallest absolute Gasteiger partial charge is 0.181 e. The van der Waals surface area contributed by atoms with Gasteiger partial charge in [0.05, 0.1) is 10.0 Å². The van der Waals surface area contributed by atoms with Gasteiger partial charge < -0.3 is 10.5 Å². The van der Waals surface area contributed by atoms with Gasteiger partial charge >= 0.3 is 0 Å². The SMILES string of the molecule is Cc1cc(N)ccc1Oc1ccc(C#N)c(Br)c1F. The summed E-state index contributed by atoms with van der Waals surface area (Å²) in [5, 5.41) is 8.80. The van der Waals surface area contributed by atoms with Crippen molar-refractivity contribution in [1.82, 2.24) is 0 Å². The molecule has 0 spiro atoms. The van der Waals surface area contributed by atoms with Crippen LogP contribution in [0.3, 0.4) is 0 Å². The summed E-state index contributed by atoms with van der Waals surface area (Å²) in [7, 11) is 0. The summed E-state index contributed by atoms with van der Waals surface area (Å²) in [5.74, 6) is -0.0290. The van der Waals surface area contributed by atoms with Gasteiger partial charge in [0.25, 0.3) is 0 Å². The Kier molecular flexibility index (Phi) is 3.72. The highest BCUT2D eigenvalue weighted by Gasteiger charge is 2.13. The van der Waals surface area contributed by atoms with E-state index in [0.717, 1.165) is 5.56 Å². The van der Waals surface area contributed by atoms with Crippen LogP contribution in [0.2, 0.25) is 0 Å². The van der Waals surface area contributed by atoms with Gasteiger partial charge in [-0.25, -0.2) is 4.39 Å². The standard InChI is InChI=1S/C14H10BrFN2O/c1-8-6-10(18)3-5-11(8)19-12-4-2-9(7-17)13(15)14(12)16/h2-6H,18H2,1H3. The Morgan fingerprint density at radius 3 is 2.58 bits per heavy atom. The second-order valence-corrected chi connectivity index (χ2v) is 4.77. The van der Waals surface area contributed by atoms with Gasteiger partial charge in [0.15, 0.2) is 11.6 Å². The number of nitriles is 1. The number of hydrogen-bond donors (Lipinski definition) is 1. The molecule has 96 valence electrons. The first kappa shape index (κ1) is 13.4. The van der Waals surface area contributed by atoms with Crippen LogP contribution in [0.4, 0.5) is 10.1 Å². The Hall–Kier alpha value is -2.06. The molecular formula is C14H10BrFN2O. The van der Waals surface area contributed by atoms with Crippen LogP contribution in [-0.4, -0.2) is 0 Å². The Bertz CT molecular complexity index is 680. The monoisotopic (exact) mass is 320 g/mol. The molecule has 3 nitrogen and oxygen atoms in total. The third-order valence-electron chi connectivity index (χ3n) is 2.59. The first-order valence-electron chi connectivity index (χ1n) is 5.45. The average Bonchev–Trinajstić information content (AvgIpc) is 2.38. The van der Waals surface area contributed by atoms with Gasteiger partial charge in [-0.2, -0.15) is 5.26 Å². The minimum Gasteiger partial charge on any atom is -0.454 e. The number of aryl methyl sites for hydroxylation is 1. The van der Waals surface area contributed by atoms with Crippen molar-refractivity contribution in [1.29, 1.82) is 5.26 Å². The molecule has 0 unspecified atom stereocenters. The predicted molar refractivity (Wildman–Crippen MR) is 74.5 cm³/mol. The lowest BCUT2D eigenvalue weighted by Crippen LogP contribution is -1.94. The van der Waals surface area contributed by atoms with Gasteiger partial charge in [-0.3, -0.25) is 0 Å². The van der Waals surface area contributed by atoms with Gasteiger partial charge in [-0.1, -0.05) is 0 Å². The highest BCUT2D eigenvalue weighted by Crippen LogP contribution is 2.33. The van der Waals surface area contributed by atoms with E-state index in [1.807, 2.05) is 13.0 Å². The number of halogens is 2. The first-order valence-corrected chi connectivity index (χ1v) is 6.24. The second kappa shape index (κ2) is 5.29. The zero-order valence-electron chi connectivity index (χ0n) is 10.1. The van der Waals surface area contributed by atoms with Crippen LogP contribution >= 0.6 is 15.9 Å². The van der Waals surface area contributed by atoms with Gasteiger partial charge in [0.2, 0.25) is 0 Å². The number of rotatable bonds is 2. The molecule has 0 saturated heterocycles. The lowest BCUT2D eigenvalue weighted by molar-refractivity contribution is 0.437. The number of hydrogen-bond acceptors (Lipinski definition) is 3. The minimum atomic E-state index is -0.602. The number of ether oxygens (including phenoxy) is 1. The maximum absolute atomic E-state index is 14.0. The zero-order chi connectivity index (χ0) is 14.0. The molecule has 5 heteroatoms. The number of benzene rings is 2. The molecule has 0 amide bonds. The Labute approximate surface area is 118 Å². The number of anilines is 1. The van der Waals surface area contributed by atoms with Crippen LogP contribution in [-0.2, 0) is 0 Å². The van der Waals surface area contributed by atoms with Crippen LogP contribution in [0, 0.1) is 24.1 Å². The molecule has 0 fully saturated rings. The number of nitrogens with zero attached hydrogens (tertiary/aromatic N) is 1. The predicted octanol–water partition coefficient (Wildman–Crippen LogP) is 4.14. The molecule has 0 atom stereocenters. The summed E-state index contributed by atoms with van der Waals surface area (Å²) in [5.41, 5.74) is 7.28. The fourth-order valence-corrected chi connectivity index (χ4v) is 2.02. The molecule has 0 aliphatic carbocycles. The van der Waals surface area contributed by atoms with Gasteiger partial charge in [-0.05, 0) is 58.7 Å². The molecule has 2 aromatic carbocycles. The molecule has 0 aromatic heterocycles. The topological polar surface area (TPSA) is 59.0 Å². The van der Waals surface area contributed by atoms with Crippen molar-refractivity contribution in [2.24, 2.45) is 0 Å². The number of nitrogen functional groups attached to an aromatic ring is 1. The molecule has 0 radical (unpaired) electrons. The third kappa shape index (κ3) is 2.69. The summed E-state index contributed by atoms with van der Waals surface area (Å²) >= 11 is 3.04. The van der Waals surface area contributed by atoms with Crippen molar-refractivity contribution in [2.45, 2.75) is 6.92 Å². The molecule has 2 aromatic rings. The quantitative estimate of drug-likeness (QED) is 0.846. The van der Waals surface area contributed by atoms with Crippen molar-refractivity contribution < 1.29 is 9.13 Å². The lowest BCUT2D eigenvalue weighted by Gasteiger charge is -2.11. The Morgan fingerprint density at radius 2 is 1.95 bits per heavy atom. The lowest BCUT2D eigenvalue weighted by atomic mass is 10.2. The molecule has 19 heavy (non-hydrogen) atoms. The maximum atomic E-state index is 14.0. The molecule has 0 aliphatic heterocycles. The summed E-state index contributed by atoms with van der Waals surface area (Å²) in [6.45, 7) is 1.82. The second-order valence-electron chi connectivity index (χ2n) is 3.98. The van der Waals surface area contributed by atoms with Crippen LogP contribution in [0.5, 0.6) is 11.5 Å². The molecule has 0 aliphatic rings. The largest absolute Gasteiger partial charge is 0.454 e. The zero-order valence-corrected chi connectivity index (χ0v) is 11.7. The van der Waals surface area contributed by atoms with E-state index in [1.165, 1.54) is 12.1 Å². The minimum absolute atomic E-state index is 0.0544. The molecule has 2 rings (SSSR count). The summed E-state index contributed by atoms with van der Waals surface area (Å²) in [6.07, 6.45) is 0. The Morgan fingerprint density at radius 1 is 1.26 bits per heavy atom. The highest BCUT2D eigenvalue weighted by molar-refractivity contribution is 9.10. The van der Waals surface area contributed by atoms with E-state index in [0.29, 0.717) is 11.4 Å². The first-order chi connectivity index (χ1) is 9.02.